The summed E-state index contributed by atoms with van der Waals surface area (Å²) in [7, 11) is 1.16. The average molecular weight is 506 g/mol. The number of rotatable bonds is 8. The Morgan fingerprint density at radius 3 is 2.85 bits per heavy atom. The Morgan fingerprint density at radius 2 is 2.24 bits per heavy atom. The van der Waals surface area contributed by atoms with Crippen LogP contribution in [0.15, 0.2) is 34.0 Å². The minimum Gasteiger partial charge on any atom is -0.477 e. The molecule has 1 saturated heterocycles. The number of thioether (sulfide) groups is 1. The molecule has 3 rings (SSSR count). The number of nitrogens with zero attached hydrogens (tertiary/aromatic N) is 3. The van der Waals surface area contributed by atoms with Crippen molar-refractivity contribution in [2.75, 3.05) is 25.2 Å². The first kappa shape index (κ1) is 24.8. The molecule has 2 aliphatic heterocycles. The first-order chi connectivity index (χ1) is 16.3. The first-order valence-electron chi connectivity index (χ1n) is 9.57. The third-order valence-electron chi connectivity index (χ3n) is 4.54. The minimum atomic E-state index is -1.26. The zero-order chi connectivity index (χ0) is 24.8. The van der Waals surface area contributed by atoms with Crippen LogP contribution in [0, 0.1) is 11.8 Å². The maximum Gasteiger partial charge on any atom is 0.352 e. The number of esters is 1. The number of hydrogen-bond acceptors (Lipinski definition) is 11. The van der Waals surface area contributed by atoms with Gasteiger partial charge in [-0.05, 0) is 24.6 Å². The van der Waals surface area contributed by atoms with Gasteiger partial charge in [-0.2, -0.15) is 0 Å². The van der Waals surface area contributed by atoms with Crippen LogP contribution in [0.5, 0.6) is 0 Å². The number of methoxy groups -OCH3 is 1. The molecule has 4 N–H and O–H groups in total. The molecular weight excluding hydrogens is 486 g/mol. The molecule has 0 saturated carbocycles. The molecule has 14 heteroatoms. The molecule has 0 unspecified atom stereocenters. The quantitative estimate of drug-likeness (QED) is 0.143. The fraction of sp³-hybridized carbons (Fsp3) is 0.300. The van der Waals surface area contributed by atoms with E-state index in [-0.39, 0.29) is 22.2 Å². The summed E-state index contributed by atoms with van der Waals surface area (Å²) >= 11 is 2.35. The summed E-state index contributed by atoms with van der Waals surface area (Å²) in [5.74, 6) is 2.30. The lowest BCUT2D eigenvalue weighted by Crippen LogP contribution is -2.71. The number of fused-ring (bicyclic) bond motifs is 1. The highest BCUT2D eigenvalue weighted by Gasteiger charge is 2.54. The molecule has 0 aliphatic carbocycles. The summed E-state index contributed by atoms with van der Waals surface area (Å²) in [6.07, 6.45) is 3.07. The van der Waals surface area contributed by atoms with Crippen LogP contribution in [-0.2, 0) is 28.8 Å². The molecule has 2 atom stereocenters. The standard InChI is InChI=1S/C20H19N5O7S2/c1-3-4-5-6-10-8-33-18-14(17(28)25(18)15(10)19(29)30)23-16(27)13(11-9-34-20(21)22-11)24-32-7-12(26)31-2/h5-6,9,14,18H,7-8H2,1-2H3,(H2,21,22)(H,23,27)(H,29,30)/t14-,18-/m1/s1. The summed E-state index contributed by atoms with van der Waals surface area (Å²) < 4.78 is 4.45. The fourth-order valence-corrected chi connectivity index (χ4v) is 4.88. The average Bonchev–Trinajstić information content (AvgIpc) is 3.25. The summed E-state index contributed by atoms with van der Waals surface area (Å²) in [4.78, 5) is 58.8. The molecule has 1 aromatic heterocycles. The number of carbonyl (C=O) groups excluding carboxylic acids is 3. The summed E-state index contributed by atoms with van der Waals surface area (Å²) in [5, 5.41) is 16.9. The van der Waals surface area contributed by atoms with Crippen molar-refractivity contribution in [1.29, 1.82) is 0 Å². The third kappa shape index (κ3) is 5.21. The van der Waals surface area contributed by atoms with E-state index in [1.54, 1.807) is 13.0 Å². The van der Waals surface area contributed by atoms with Crippen LogP contribution in [-0.4, -0.2) is 75.3 Å². The molecular formula is C20H19N5O7S2. The van der Waals surface area contributed by atoms with Crippen LogP contribution in [0.4, 0.5) is 5.13 Å². The van der Waals surface area contributed by atoms with Gasteiger partial charge in [-0.3, -0.25) is 14.5 Å². The van der Waals surface area contributed by atoms with Gasteiger partial charge in [0.25, 0.3) is 11.8 Å². The molecule has 1 fully saturated rings. The van der Waals surface area contributed by atoms with Crippen molar-refractivity contribution in [2.24, 2.45) is 5.16 Å². The second kappa shape index (κ2) is 10.9. The number of carboxylic acid groups (broad SMARTS) is 1. The van der Waals surface area contributed by atoms with Gasteiger partial charge in [0.1, 0.15) is 22.8 Å². The van der Waals surface area contributed by atoms with Gasteiger partial charge in [0.15, 0.2) is 10.8 Å². The number of hydrogen-bond donors (Lipinski definition) is 3. The van der Waals surface area contributed by atoms with Gasteiger partial charge >= 0.3 is 11.9 Å². The van der Waals surface area contributed by atoms with E-state index in [1.165, 1.54) is 23.2 Å². The number of oxime groups is 1. The number of aliphatic carboxylic acids is 1. The predicted octanol–water partition coefficient (Wildman–Crippen LogP) is -0.0629. The van der Waals surface area contributed by atoms with E-state index in [0.717, 1.165) is 23.3 Å². The fourth-order valence-electron chi connectivity index (χ4n) is 3.02. The Morgan fingerprint density at radius 1 is 1.47 bits per heavy atom. The van der Waals surface area contributed by atoms with Gasteiger partial charge in [0.2, 0.25) is 6.61 Å². The molecule has 2 aliphatic rings. The lowest BCUT2D eigenvalue weighted by Gasteiger charge is -2.49. The maximum absolute atomic E-state index is 12.9. The lowest BCUT2D eigenvalue weighted by atomic mass is 10.0. The molecule has 0 aromatic carbocycles. The van der Waals surface area contributed by atoms with Crippen LogP contribution in [0.1, 0.15) is 12.6 Å². The molecule has 3 heterocycles. The van der Waals surface area contributed by atoms with E-state index in [4.69, 9.17) is 10.6 Å². The summed E-state index contributed by atoms with van der Waals surface area (Å²) in [5.41, 5.74) is 5.69. The van der Waals surface area contributed by atoms with E-state index in [9.17, 15) is 24.3 Å². The smallest absolute Gasteiger partial charge is 0.352 e. The summed E-state index contributed by atoms with van der Waals surface area (Å²) in [6.45, 7) is 1.10. The van der Waals surface area contributed by atoms with Gasteiger partial charge in [-0.1, -0.05) is 11.1 Å². The predicted molar refractivity (Wildman–Crippen MR) is 123 cm³/mol. The summed E-state index contributed by atoms with van der Waals surface area (Å²) in [6, 6.07) is -1.00. The number of thiazole rings is 1. The number of amides is 2. The topological polar surface area (TPSA) is 174 Å². The molecule has 12 nitrogen and oxygen atoms in total. The third-order valence-corrected chi connectivity index (χ3v) is 6.52. The Hall–Kier alpha value is -3.83. The number of nitrogen functional groups attached to an aromatic ring is 1. The number of nitrogens with one attached hydrogen (secondary N) is 1. The van der Waals surface area contributed by atoms with Crippen LogP contribution in [0.2, 0.25) is 0 Å². The van der Waals surface area contributed by atoms with Crippen molar-refractivity contribution in [3.05, 3.63) is 34.5 Å². The van der Waals surface area contributed by atoms with E-state index < -0.39 is 41.8 Å². The minimum absolute atomic E-state index is 0.0837. The van der Waals surface area contributed by atoms with Crippen molar-refractivity contribution in [3.63, 3.8) is 0 Å². The number of nitrogens with two attached hydrogens (primary N) is 1. The van der Waals surface area contributed by atoms with Gasteiger partial charge in [-0.25, -0.2) is 14.6 Å². The van der Waals surface area contributed by atoms with Crippen LogP contribution < -0.4 is 11.1 Å². The Labute approximate surface area is 201 Å². The first-order valence-corrected chi connectivity index (χ1v) is 11.5. The number of aromatic nitrogens is 1. The highest BCUT2D eigenvalue weighted by Crippen LogP contribution is 2.40. The number of anilines is 1. The number of carboxylic acids is 1. The number of carbonyl (C=O) groups is 4. The van der Waals surface area contributed by atoms with Gasteiger partial charge < -0.3 is 25.7 Å². The van der Waals surface area contributed by atoms with E-state index in [1.807, 2.05) is 0 Å². The van der Waals surface area contributed by atoms with Crippen molar-refractivity contribution in [1.82, 2.24) is 15.2 Å². The number of β-lactam (4-membered cyclic amide) rings is 1. The van der Waals surface area contributed by atoms with Crippen LogP contribution >= 0.6 is 23.1 Å². The maximum atomic E-state index is 12.9. The monoisotopic (exact) mass is 505 g/mol. The highest BCUT2D eigenvalue weighted by molar-refractivity contribution is 8.00. The lowest BCUT2D eigenvalue weighted by molar-refractivity contribution is -0.150. The van der Waals surface area contributed by atoms with Crippen LogP contribution in [0.25, 0.3) is 0 Å². The van der Waals surface area contributed by atoms with E-state index in [2.05, 4.69) is 32.0 Å². The SMILES string of the molecule is CC#CC=CC1=C(C(=O)O)N2C(=O)[C@@H](NC(=O)C(=NOCC(=O)OC)c3csc(N)n3)[C@H]2SC1. The number of allylic oxidation sites excluding steroid dienone is 2. The van der Waals surface area contributed by atoms with Crippen molar-refractivity contribution >= 4 is 57.7 Å². The van der Waals surface area contributed by atoms with E-state index in [0.29, 0.717) is 11.3 Å². The van der Waals surface area contributed by atoms with Gasteiger partial charge in [0, 0.05) is 11.1 Å². The zero-order valence-corrected chi connectivity index (χ0v) is 19.6. The van der Waals surface area contributed by atoms with Crippen LogP contribution in [0.3, 0.4) is 0 Å². The van der Waals surface area contributed by atoms with Crippen molar-refractivity contribution in [2.45, 2.75) is 18.3 Å². The molecule has 2 amide bonds. The van der Waals surface area contributed by atoms with E-state index >= 15 is 0 Å². The Bertz CT molecular complexity index is 1180. The second-order valence-electron chi connectivity index (χ2n) is 6.63. The molecule has 0 spiro atoms. The molecule has 1 aromatic rings. The molecule has 34 heavy (non-hydrogen) atoms. The molecule has 178 valence electrons. The van der Waals surface area contributed by atoms with Gasteiger partial charge in [0.05, 0.1) is 7.11 Å². The molecule has 0 radical (unpaired) electrons. The second-order valence-corrected chi connectivity index (χ2v) is 8.62. The zero-order valence-electron chi connectivity index (χ0n) is 17.9. The van der Waals surface area contributed by atoms with Gasteiger partial charge in [-0.15, -0.1) is 29.0 Å². The number of ether oxygens (including phenoxy) is 1. The largest absolute Gasteiger partial charge is 0.477 e. The Balaban J connectivity index is 1.79. The highest BCUT2D eigenvalue weighted by atomic mass is 32.2. The van der Waals surface area contributed by atoms with Crippen molar-refractivity contribution < 1.29 is 33.9 Å². The Kier molecular flexibility index (Phi) is 7.92. The van der Waals surface area contributed by atoms with Crippen molar-refractivity contribution in [3.8, 4) is 11.8 Å². The normalized spacial score (nSPS) is 19.6. The molecule has 0 bridgehead atoms.